The van der Waals surface area contributed by atoms with E-state index in [-0.39, 0.29) is 24.5 Å². The summed E-state index contributed by atoms with van der Waals surface area (Å²) < 4.78 is 5.29. The van der Waals surface area contributed by atoms with Crippen LogP contribution in [0, 0.1) is 11.8 Å². The molecule has 1 rings (SSSR count). The molecule has 0 radical (unpaired) electrons. The average molecular weight is 285 g/mol. The molecular formula is C15H27NO4. The van der Waals surface area contributed by atoms with Gasteiger partial charge in [0, 0.05) is 12.5 Å². The summed E-state index contributed by atoms with van der Waals surface area (Å²) in [5.41, 5.74) is 0. The first-order chi connectivity index (χ1) is 9.56. The van der Waals surface area contributed by atoms with Crippen LogP contribution in [0.1, 0.15) is 46.5 Å². The lowest BCUT2D eigenvalue weighted by atomic mass is 9.94. The van der Waals surface area contributed by atoms with Crippen molar-refractivity contribution < 1.29 is 19.4 Å². The van der Waals surface area contributed by atoms with Crippen molar-refractivity contribution >= 4 is 11.9 Å². The van der Waals surface area contributed by atoms with Crippen LogP contribution in [0.5, 0.6) is 0 Å². The topological polar surface area (TPSA) is 66.8 Å². The maximum Gasteiger partial charge on any atom is 0.311 e. The predicted octanol–water partition coefficient (Wildman–Crippen LogP) is 2.15. The fourth-order valence-corrected chi connectivity index (χ4v) is 2.96. The summed E-state index contributed by atoms with van der Waals surface area (Å²) in [6, 6.07) is -0.318. The summed E-state index contributed by atoms with van der Waals surface area (Å²) in [5.74, 6) is -1.36. The summed E-state index contributed by atoms with van der Waals surface area (Å²) in [6.07, 6.45) is 3.68. The quantitative estimate of drug-likeness (QED) is 0.742. The molecule has 0 aromatic heterocycles. The van der Waals surface area contributed by atoms with Crippen molar-refractivity contribution in [2.24, 2.45) is 11.8 Å². The Hall–Kier alpha value is -1.10. The van der Waals surface area contributed by atoms with E-state index in [1.54, 1.807) is 4.90 Å². The molecule has 0 bridgehead atoms. The number of aliphatic carboxylic acids is 1. The van der Waals surface area contributed by atoms with Gasteiger partial charge >= 0.3 is 5.97 Å². The standard InChI is InChI=1S/C15H27NO4/c1-4-7-11(8-5-2)14(17)16(6-3)13-10-20-9-12(13)15(18)19/h11-13H,4-10H2,1-3H3,(H,18,19). The molecule has 1 N–H and O–H groups in total. The van der Waals surface area contributed by atoms with E-state index in [0.29, 0.717) is 13.2 Å². The van der Waals surface area contributed by atoms with Crippen LogP contribution in [0.15, 0.2) is 0 Å². The van der Waals surface area contributed by atoms with Gasteiger partial charge in [-0.15, -0.1) is 0 Å². The van der Waals surface area contributed by atoms with Crippen molar-refractivity contribution in [3.05, 3.63) is 0 Å². The van der Waals surface area contributed by atoms with E-state index in [0.717, 1.165) is 25.7 Å². The highest BCUT2D eigenvalue weighted by atomic mass is 16.5. The van der Waals surface area contributed by atoms with E-state index in [4.69, 9.17) is 4.74 Å². The lowest BCUT2D eigenvalue weighted by Crippen LogP contribution is -2.48. The Bertz CT molecular complexity index is 326. The number of ether oxygens (including phenoxy) is 1. The number of likely N-dealkylation sites (N-methyl/N-ethyl adjacent to an activating group) is 1. The minimum Gasteiger partial charge on any atom is -0.481 e. The second-order valence-electron chi connectivity index (χ2n) is 5.45. The molecule has 5 heteroatoms. The maximum absolute atomic E-state index is 12.7. The summed E-state index contributed by atoms with van der Waals surface area (Å²) in [5, 5.41) is 9.24. The van der Waals surface area contributed by atoms with Crippen LogP contribution >= 0.6 is 0 Å². The smallest absolute Gasteiger partial charge is 0.311 e. The molecule has 1 fully saturated rings. The van der Waals surface area contributed by atoms with E-state index in [9.17, 15) is 14.7 Å². The van der Waals surface area contributed by atoms with Gasteiger partial charge < -0.3 is 14.7 Å². The Morgan fingerprint density at radius 3 is 2.25 bits per heavy atom. The molecule has 0 aliphatic carbocycles. The maximum atomic E-state index is 12.7. The van der Waals surface area contributed by atoms with E-state index < -0.39 is 11.9 Å². The van der Waals surface area contributed by atoms with Crippen LogP contribution in [-0.2, 0) is 14.3 Å². The molecule has 1 aliphatic heterocycles. The van der Waals surface area contributed by atoms with Crippen molar-refractivity contribution in [2.45, 2.75) is 52.5 Å². The lowest BCUT2D eigenvalue weighted by molar-refractivity contribution is -0.146. The zero-order valence-corrected chi connectivity index (χ0v) is 12.8. The highest BCUT2D eigenvalue weighted by Crippen LogP contribution is 2.24. The second kappa shape index (κ2) is 8.25. The number of carbonyl (C=O) groups excluding carboxylic acids is 1. The molecule has 0 aromatic carbocycles. The van der Waals surface area contributed by atoms with Crippen LogP contribution < -0.4 is 0 Å². The second-order valence-corrected chi connectivity index (χ2v) is 5.45. The fourth-order valence-electron chi connectivity index (χ4n) is 2.96. The first-order valence-electron chi connectivity index (χ1n) is 7.67. The molecule has 116 valence electrons. The van der Waals surface area contributed by atoms with Gasteiger partial charge in [0.05, 0.1) is 19.3 Å². The molecule has 2 unspecified atom stereocenters. The van der Waals surface area contributed by atoms with E-state index in [2.05, 4.69) is 13.8 Å². The lowest BCUT2D eigenvalue weighted by Gasteiger charge is -2.32. The highest BCUT2D eigenvalue weighted by Gasteiger charge is 2.40. The molecule has 0 aromatic rings. The SMILES string of the molecule is CCCC(CCC)C(=O)N(CC)C1COCC1C(=O)O. The van der Waals surface area contributed by atoms with Crippen LogP contribution in [-0.4, -0.2) is 47.7 Å². The van der Waals surface area contributed by atoms with Crippen molar-refractivity contribution in [2.75, 3.05) is 19.8 Å². The Morgan fingerprint density at radius 2 is 1.80 bits per heavy atom. The number of hydrogen-bond acceptors (Lipinski definition) is 3. The van der Waals surface area contributed by atoms with Crippen LogP contribution in [0.4, 0.5) is 0 Å². The van der Waals surface area contributed by atoms with Gasteiger partial charge in [-0.1, -0.05) is 26.7 Å². The third kappa shape index (κ3) is 3.95. The fraction of sp³-hybridized carbons (Fsp3) is 0.867. The number of carboxylic acid groups (broad SMARTS) is 1. The molecule has 2 atom stereocenters. The number of amides is 1. The van der Waals surface area contributed by atoms with Crippen molar-refractivity contribution in [1.82, 2.24) is 4.90 Å². The van der Waals surface area contributed by atoms with Crippen LogP contribution in [0.2, 0.25) is 0 Å². The molecule has 1 heterocycles. The number of hydrogen-bond donors (Lipinski definition) is 1. The number of carboxylic acids is 1. The van der Waals surface area contributed by atoms with E-state index >= 15 is 0 Å². The molecule has 20 heavy (non-hydrogen) atoms. The van der Waals surface area contributed by atoms with Gasteiger partial charge in [0.2, 0.25) is 5.91 Å². The summed E-state index contributed by atoms with van der Waals surface area (Å²) in [6.45, 7) is 7.14. The molecular weight excluding hydrogens is 258 g/mol. The number of nitrogens with zero attached hydrogens (tertiary/aromatic N) is 1. The van der Waals surface area contributed by atoms with Gasteiger partial charge in [-0.3, -0.25) is 9.59 Å². The van der Waals surface area contributed by atoms with Crippen molar-refractivity contribution in [3.63, 3.8) is 0 Å². The summed E-state index contributed by atoms with van der Waals surface area (Å²) >= 11 is 0. The zero-order valence-electron chi connectivity index (χ0n) is 12.8. The van der Waals surface area contributed by atoms with Gasteiger partial charge in [-0.05, 0) is 19.8 Å². The highest BCUT2D eigenvalue weighted by molar-refractivity contribution is 5.80. The summed E-state index contributed by atoms with van der Waals surface area (Å²) in [7, 11) is 0. The predicted molar refractivity (Wildman–Crippen MR) is 76.4 cm³/mol. The molecule has 0 saturated carbocycles. The Morgan fingerprint density at radius 1 is 1.20 bits per heavy atom. The van der Waals surface area contributed by atoms with Crippen molar-refractivity contribution in [3.8, 4) is 0 Å². The van der Waals surface area contributed by atoms with Crippen molar-refractivity contribution in [1.29, 1.82) is 0 Å². The molecule has 1 aliphatic rings. The first-order valence-corrected chi connectivity index (χ1v) is 7.67. The van der Waals surface area contributed by atoms with Gasteiger partial charge in [0.15, 0.2) is 0 Å². The molecule has 1 saturated heterocycles. The Balaban J connectivity index is 2.82. The minimum absolute atomic E-state index is 0.0139. The van der Waals surface area contributed by atoms with E-state index in [1.807, 2.05) is 6.92 Å². The minimum atomic E-state index is -0.874. The van der Waals surface area contributed by atoms with Crippen LogP contribution in [0.25, 0.3) is 0 Å². The summed E-state index contributed by atoms with van der Waals surface area (Å²) in [4.78, 5) is 25.7. The van der Waals surface area contributed by atoms with Gasteiger partial charge in [-0.2, -0.15) is 0 Å². The monoisotopic (exact) mass is 285 g/mol. The van der Waals surface area contributed by atoms with Gasteiger partial charge in [0.25, 0.3) is 0 Å². The molecule has 0 spiro atoms. The molecule has 5 nitrogen and oxygen atoms in total. The Labute approximate surface area is 121 Å². The van der Waals surface area contributed by atoms with Gasteiger partial charge in [-0.25, -0.2) is 0 Å². The largest absolute Gasteiger partial charge is 0.481 e. The zero-order chi connectivity index (χ0) is 15.1. The first kappa shape index (κ1) is 17.0. The van der Waals surface area contributed by atoms with Gasteiger partial charge in [0.1, 0.15) is 5.92 Å². The molecule has 1 amide bonds. The number of rotatable bonds is 8. The number of carbonyl (C=O) groups is 2. The van der Waals surface area contributed by atoms with E-state index in [1.165, 1.54) is 0 Å². The third-order valence-electron chi connectivity index (χ3n) is 4.02. The normalized spacial score (nSPS) is 22.2. The van der Waals surface area contributed by atoms with Crippen LogP contribution in [0.3, 0.4) is 0 Å². The Kier molecular flexibility index (Phi) is 6.99. The third-order valence-corrected chi connectivity index (χ3v) is 4.02. The average Bonchev–Trinajstić information content (AvgIpc) is 2.88.